The van der Waals surface area contributed by atoms with Gasteiger partial charge in [0, 0.05) is 10.8 Å². The summed E-state index contributed by atoms with van der Waals surface area (Å²) >= 11 is 1.18. The van der Waals surface area contributed by atoms with Crippen LogP contribution in [0.15, 0.2) is 23.1 Å². The van der Waals surface area contributed by atoms with E-state index in [1.165, 1.54) is 30.8 Å². The Morgan fingerprint density at radius 1 is 1.60 bits per heavy atom. The minimum atomic E-state index is -0.409. The number of aliphatic hydroxyl groups excluding tert-OH is 1. The van der Waals surface area contributed by atoms with Crippen LogP contribution in [-0.2, 0) is 0 Å². The fourth-order valence-electron chi connectivity index (χ4n) is 1.14. The maximum atomic E-state index is 13.5. The van der Waals surface area contributed by atoms with Gasteiger partial charge >= 0.3 is 0 Å². The molecule has 0 fully saturated rings. The average molecular weight is 228 g/mol. The van der Waals surface area contributed by atoms with Gasteiger partial charge in [-0.1, -0.05) is 19.1 Å². The molecule has 0 radical (unpaired) electrons. The first kappa shape index (κ1) is 12.2. The van der Waals surface area contributed by atoms with Crippen molar-refractivity contribution in [2.24, 2.45) is 0 Å². The number of halogens is 1. The van der Waals surface area contributed by atoms with E-state index in [1.807, 2.05) is 0 Å². The molecule has 0 bridgehead atoms. The van der Waals surface area contributed by atoms with Gasteiger partial charge in [-0.2, -0.15) is 0 Å². The van der Waals surface area contributed by atoms with Gasteiger partial charge in [0.2, 0.25) is 0 Å². The van der Waals surface area contributed by atoms with Crippen LogP contribution in [0.2, 0.25) is 0 Å². The Morgan fingerprint density at radius 2 is 2.27 bits per heavy atom. The molecule has 1 unspecified atom stereocenters. The summed E-state index contributed by atoms with van der Waals surface area (Å²) in [4.78, 5) is 11.6. The van der Waals surface area contributed by atoms with E-state index in [1.54, 1.807) is 13.0 Å². The van der Waals surface area contributed by atoms with Crippen LogP contribution >= 0.6 is 11.8 Å². The number of hydrogen-bond donors (Lipinski definition) is 1. The molecule has 2 nitrogen and oxygen atoms in total. The van der Waals surface area contributed by atoms with E-state index >= 15 is 0 Å². The van der Waals surface area contributed by atoms with Crippen molar-refractivity contribution in [1.82, 2.24) is 0 Å². The topological polar surface area (TPSA) is 37.3 Å². The summed E-state index contributed by atoms with van der Waals surface area (Å²) in [6, 6.07) is 4.43. The lowest BCUT2D eigenvalue weighted by atomic mass is 10.1. The summed E-state index contributed by atoms with van der Waals surface area (Å²) in [5.74, 6) is -0.574. The molecule has 1 aromatic rings. The van der Waals surface area contributed by atoms with E-state index in [2.05, 4.69) is 0 Å². The van der Waals surface area contributed by atoms with E-state index < -0.39 is 5.82 Å². The van der Waals surface area contributed by atoms with Crippen LogP contribution in [0.25, 0.3) is 0 Å². The molecule has 0 spiro atoms. The number of carbonyl (C=O) groups is 1. The van der Waals surface area contributed by atoms with Gasteiger partial charge in [0.15, 0.2) is 5.78 Å². The van der Waals surface area contributed by atoms with Crippen LogP contribution in [0.3, 0.4) is 0 Å². The van der Waals surface area contributed by atoms with Gasteiger partial charge in [0.25, 0.3) is 0 Å². The van der Waals surface area contributed by atoms with E-state index in [0.717, 1.165) is 0 Å². The van der Waals surface area contributed by atoms with E-state index in [0.29, 0.717) is 10.5 Å². The Bertz CT molecular complexity index is 366. The molecule has 4 heteroatoms. The smallest absolute Gasteiger partial charge is 0.161 e. The lowest BCUT2D eigenvalue weighted by Crippen LogP contribution is -2.05. The van der Waals surface area contributed by atoms with Crippen LogP contribution in [0.4, 0.5) is 4.39 Å². The number of carbonyl (C=O) groups excluding carboxylic acids is 1. The average Bonchev–Trinajstić information content (AvgIpc) is 2.20. The molecule has 0 heterocycles. The summed E-state index contributed by atoms with van der Waals surface area (Å²) in [7, 11) is 0. The number of rotatable bonds is 4. The standard InChI is InChI=1S/C11H13FO2S/c1-7(6-13)15-11-9(8(2)14)4-3-5-10(11)12/h3-5,7,13H,6H2,1-2H3. The van der Waals surface area contributed by atoms with Crippen LogP contribution in [-0.4, -0.2) is 22.7 Å². The van der Waals surface area contributed by atoms with Gasteiger partial charge in [-0.05, 0) is 13.0 Å². The molecule has 0 saturated carbocycles. The number of thioether (sulfide) groups is 1. The predicted molar refractivity (Wildman–Crippen MR) is 58.8 cm³/mol. The molecule has 82 valence electrons. The van der Waals surface area contributed by atoms with E-state index in [-0.39, 0.29) is 17.6 Å². The molecular weight excluding hydrogens is 215 g/mol. The Kier molecular flexibility index (Phi) is 4.29. The minimum Gasteiger partial charge on any atom is -0.395 e. The zero-order valence-electron chi connectivity index (χ0n) is 8.66. The summed E-state index contributed by atoms with van der Waals surface area (Å²) in [5.41, 5.74) is 0.375. The highest BCUT2D eigenvalue weighted by molar-refractivity contribution is 8.00. The molecule has 0 aliphatic rings. The maximum Gasteiger partial charge on any atom is 0.161 e. The van der Waals surface area contributed by atoms with Gasteiger partial charge in [-0.25, -0.2) is 4.39 Å². The van der Waals surface area contributed by atoms with Crippen molar-refractivity contribution in [3.05, 3.63) is 29.6 Å². The van der Waals surface area contributed by atoms with Gasteiger partial charge in [0.05, 0.1) is 11.5 Å². The lowest BCUT2D eigenvalue weighted by molar-refractivity contribution is 0.101. The molecule has 0 aliphatic carbocycles. The van der Waals surface area contributed by atoms with Crippen LogP contribution in [0, 0.1) is 5.82 Å². The highest BCUT2D eigenvalue weighted by Gasteiger charge is 2.14. The fraction of sp³-hybridized carbons (Fsp3) is 0.364. The second-order valence-electron chi connectivity index (χ2n) is 3.28. The Labute approximate surface area is 92.5 Å². The van der Waals surface area contributed by atoms with Crippen LogP contribution in [0.1, 0.15) is 24.2 Å². The SMILES string of the molecule is CC(=O)c1cccc(F)c1SC(C)CO. The molecule has 1 N–H and O–H groups in total. The van der Waals surface area contributed by atoms with Crippen molar-refractivity contribution in [3.8, 4) is 0 Å². The van der Waals surface area contributed by atoms with E-state index in [4.69, 9.17) is 5.11 Å². The monoisotopic (exact) mass is 228 g/mol. The second kappa shape index (κ2) is 5.28. The molecule has 15 heavy (non-hydrogen) atoms. The molecular formula is C11H13FO2S. The maximum absolute atomic E-state index is 13.5. The van der Waals surface area contributed by atoms with Crippen molar-refractivity contribution in [3.63, 3.8) is 0 Å². The number of ketones is 1. The molecule has 0 aliphatic heterocycles. The van der Waals surface area contributed by atoms with Crippen LogP contribution in [0.5, 0.6) is 0 Å². The van der Waals surface area contributed by atoms with Gasteiger partial charge in [-0.15, -0.1) is 11.8 Å². The number of aliphatic hydroxyl groups is 1. The predicted octanol–water partition coefficient (Wildman–Crippen LogP) is 2.50. The molecule has 1 atom stereocenters. The fourth-order valence-corrected chi connectivity index (χ4v) is 2.14. The number of hydrogen-bond acceptors (Lipinski definition) is 3. The third-order valence-electron chi connectivity index (χ3n) is 1.92. The molecule has 1 rings (SSSR count). The van der Waals surface area contributed by atoms with Gasteiger partial charge in [0.1, 0.15) is 5.82 Å². The zero-order chi connectivity index (χ0) is 11.4. The Morgan fingerprint density at radius 3 is 2.80 bits per heavy atom. The van der Waals surface area contributed by atoms with Gasteiger partial charge < -0.3 is 5.11 Å². The molecule has 0 saturated heterocycles. The molecule has 0 amide bonds. The summed E-state index contributed by atoms with van der Waals surface area (Å²) in [5, 5.41) is 8.76. The minimum absolute atomic E-state index is 0.0453. The second-order valence-corrected chi connectivity index (χ2v) is 4.73. The number of Topliss-reactive ketones (excluding diaryl/α,β-unsaturated/α-hetero) is 1. The van der Waals surface area contributed by atoms with Crippen LogP contribution < -0.4 is 0 Å². The van der Waals surface area contributed by atoms with E-state index in [9.17, 15) is 9.18 Å². The quantitative estimate of drug-likeness (QED) is 0.635. The lowest BCUT2D eigenvalue weighted by Gasteiger charge is -2.11. The number of benzene rings is 1. The Hall–Kier alpha value is -0.870. The first-order valence-electron chi connectivity index (χ1n) is 4.63. The highest BCUT2D eigenvalue weighted by Crippen LogP contribution is 2.29. The zero-order valence-corrected chi connectivity index (χ0v) is 9.47. The third kappa shape index (κ3) is 3.04. The van der Waals surface area contributed by atoms with Crippen molar-refractivity contribution in [2.45, 2.75) is 24.0 Å². The first-order valence-corrected chi connectivity index (χ1v) is 5.51. The van der Waals surface area contributed by atoms with Crippen molar-refractivity contribution in [2.75, 3.05) is 6.61 Å². The Balaban J connectivity index is 3.07. The van der Waals surface area contributed by atoms with Gasteiger partial charge in [-0.3, -0.25) is 4.79 Å². The summed E-state index contributed by atoms with van der Waals surface area (Å²) in [6.45, 7) is 3.14. The largest absolute Gasteiger partial charge is 0.395 e. The molecule has 0 aromatic heterocycles. The normalized spacial score (nSPS) is 12.5. The van der Waals surface area contributed by atoms with Crippen molar-refractivity contribution >= 4 is 17.5 Å². The first-order chi connectivity index (χ1) is 7.06. The highest BCUT2D eigenvalue weighted by atomic mass is 32.2. The summed E-state index contributed by atoms with van der Waals surface area (Å²) in [6.07, 6.45) is 0. The third-order valence-corrected chi connectivity index (χ3v) is 3.12. The van der Waals surface area contributed by atoms with Crippen molar-refractivity contribution in [1.29, 1.82) is 0 Å². The van der Waals surface area contributed by atoms with Crippen molar-refractivity contribution < 1.29 is 14.3 Å². The summed E-state index contributed by atoms with van der Waals surface area (Å²) < 4.78 is 13.5. The molecule has 1 aromatic carbocycles.